The number of aliphatic carboxylic acids is 2. The fraction of sp³-hybridized carbons (Fsp3) is 0.889. The highest BCUT2D eigenvalue weighted by atomic mass is 16.7. The van der Waals surface area contributed by atoms with Gasteiger partial charge in [0.05, 0.1) is 23.0 Å². The molecule has 5 aliphatic carbocycles. The van der Waals surface area contributed by atoms with E-state index in [0.717, 1.165) is 37.7 Å². The Hall–Kier alpha value is -1.52. The van der Waals surface area contributed by atoms with Crippen LogP contribution in [-0.4, -0.2) is 74.3 Å². The fourth-order valence-corrected chi connectivity index (χ4v) is 12.5. The number of aliphatic hydroxyl groups excluding tert-OH is 3. The van der Waals surface area contributed by atoms with Gasteiger partial charge in [0.25, 0.3) is 0 Å². The lowest BCUT2D eigenvalue weighted by atomic mass is 9.33. The first-order valence-corrected chi connectivity index (χ1v) is 17.4. The minimum atomic E-state index is -1.36. The number of carbonyl (C=O) groups is 2. The van der Waals surface area contributed by atoms with Crippen LogP contribution in [0, 0.1) is 56.7 Å². The van der Waals surface area contributed by atoms with Crippen LogP contribution in [0.1, 0.15) is 106 Å². The van der Waals surface area contributed by atoms with Crippen LogP contribution in [0.5, 0.6) is 0 Å². The van der Waals surface area contributed by atoms with Crippen molar-refractivity contribution < 1.29 is 44.6 Å². The molecule has 0 unspecified atom stereocenters. The minimum Gasteiger partial charge on any atom is -0.481 e. The molecule has 1 aliphatic heterocycles. The Kier molecular flexibility index (Phi) is 7.97. The summed E-state index contributed by atoms with van der Waals surface area (Å²) in [5.74, 6) is -1.08. The standard InChI is InChI=1S/C36H56O9/c1-18-10-15-35(30(40)41)16-17-36(31(42)43)21(25(35)19(18)2)8-9-23-33(6)13-12-24(32(4,5)22(33)11-14-34(23,36)7)45-29-28(39)27(38)26(37)20(3)44-29/h8,18-20,22-29,37-39H,9-17H2,1-7H3,(H,40,41)(H,42,43)/t18-,19-,20-,22+,23+,24-,25+,26-,27+,28-,29+,33+,34-,35-,36+/m0/s1. The molecule has 0 radical (unpaired) electrons. The zero-order valence-corrected chi connectivity index (χ0v) is 28.2. The topological polar surface area (TPSA) is 154 Å². The molecule has 5 N–H and O–H groups in total. The van der Waals surface area contributed by atoms with Gasteiger partial charge in [-0.15, -0.1) is 0 Å². The second-order valence-electron chi connectivity index (χ2n) is 17.2. The maximum Gasteiger partial charge on any atom is 0.314 e. The van der Waals surface area contributed by atoms with Gasteiger partial charge in [-0.25, -0.2) is 0 Å². The van der Waals surface area contributed by atoms with E-state index in [1.165, 1.54) is 0 Å². The second kappa shape index (κ2) is 10.7. The summed E-state index contributed by atoms with van der Waals surface area (Å²) in [4.78, 5) is 26.8. The van der Waals surface area contributed by atoms with Crippen LogP contribution in [0.15, 0.2) is 11.6 Å². The van der Waals surface area contributed by atoms with Crippen LogP contribution in [0.4, 0.5) is 0 Å². The van der Waals surface area contributed by atoms with Gasteiger partial charge < -0.3 is 35.0 Å². The van der Waals surface area contributed by atoms with Crippen LogP contribution in [0.25, 0.3) is 0 Å². The van der Waals surface area contributed by atoms with Gasteiger partial charge in [0, 0.05) is 0 Å². The number of hydrogen-bond acceptors (Lipinski definition) is 7. The Morgan fingerprint density at radius 2 is 1.51 bits per heavy atom. The Balaban J connectivity index is 1.35. The van der Waals surface area contributed by atoms with Gasteiger partial charge in [-0.2, -0.15) is 0 Å². The number of allylic oxidation sites excluding steroid dienone is 1. The molecule has 15 atom stereocenters. The highest BCUT2D eigenvalue weighted by Crippen LogP contribution is 2.76. The monoisotopic (exact) mass is 632 g/mol. The van der Waals surface area contributed by atoms with E-state index in [2.05, 4.69) is 47.6 Å². The summed E-state index contributed by atoms with van der Waals surface area (Å²) < 4.78 is 12.3. The zero-order valence-electron chi connectivity index (χ0n) is 28.2. The summed E-state index contributed by atoms with van der Waals surface area (Å²) in [5.41, 5.74) is -2.13. The molecule has 254 valence electrons. The van der Waals surface area contributed by atoms with Crippen LogP contribution in [0.2, 0.25) is 0 Å². The van der Waals surface area contributed by atoms with Gasteiger partial charge in [0.2, 0.25) is 0 Å². The van der Waals surface area contributed by atoms with Crippen molar-refractivity contribution in [1.82, 2.24) is 0 Å². The molecule has 0 bridgehead atoms. The lowest BCUT2D eigenvalue weighted by Crippen LogP contribution is -2.68. The van der Waals surface area contributed by atoms with Gasteiger partial charge in [0.1, 0.15) is 18.3 Å². The van der Waals surface area contributed by atoms with Crippen molar-refractivity contribution in [2.45, 2.75) is 143 Å². The van der Waals surface area contributed by atoms with Gasteiger partial charge >= 0.3 is 11.9 Å². The summed E-state index contributed by atoms with van der Waals surface area (Å²) in [6.07, 6.45) is 2.36. The predicted molar refractivity (Wildman–Crippen MR) is 166 cm³/mol. The first-order valence-electron chi connectivity index (χ1n) is 17.4. The van der Waals surface area contributed by atoms with Crippen LogP contribution < -0.4 is 0 Å². The van der Waals surface area contributed by atoms with Crippen LogP contribution in [-0.2, 0) is 19.1 Å². The van der Waals surface area contributed by atoms with Crippen LogP contribution >= 0.6 is 0 Å². The highest BCUT2D eigenvalue weighted by Gasteiger charge is 2.73. The molecule has 9 heteroatoms. The summed E-state index contributed by atoms with van der Waals surface area (Å²) >= 11 is 0. The van der Waals surface area contributed by atoms with E-state index in [-0.39, 0.29) is 40.6 Å². The van der Waals surface area contributed by atoms with Gasteiger partial charge in [-0.3, -0.25) is 9.59 Å². The number of fused-ring (bicyclic) bond motifs is 7. The number of carboxylic acids is 2. The second-order valence-corrected chi connectivity index (χ2v) is 17.2. The maximum absolute atomic E-state index is 13.8. The number of carboxylic acid groups (broad SMARTS) is 2. The van der Waals surface area contributed by atoms with E-state index in [9.17, 15) is 35.1 Å². The largest absolute Gasteiger partial charge is 0.481 e. The molecule has 0 aromatic carbocycles. The minimum absolute atomic E-state index is 0.0958. The van der Waals surface area contributed by atoms with E-state index < -0.39 is 58.9 Å². The first kappa shape index (κ1) is 33.4. The Morgan fingerprint density at radius 1 is 0.822 bits per heavy atom. The predicted octanol–water partition coefficient (Wildman–Crippen LogP) is 5.01. The van der Waals surface area contributed by atoms with Crippen molar-refractivity contribution in [1.29, 1.82) is 0 Å². The summed E-state index contributed by atoms with van der Waals surface area (Å²) in [6, 6.07) is 0. The number of ether oxygens (including phenoxy) is 2. The van der Waals surface area contributed by atoms with Crippen molar-refractivity contribution >= 4 is 11.9 Å². The quantitative estimate of drug-likeness (QED) is 0.213. The summed E-state index contributed by atoms with van der Waals surface area (Å²) in [5, 5.41) is 53.2. The molecule has 45 heavy (non-hydrogen) atoms. The van der Waals surface area contributed by atoms with Crippen molar-refractivity contribution in [2.75, 3.05) is 0 Å². The third-order valence-corrected chi connectivity index (χ3v) is 15.3. The van der Waals surface area contributed by atoms with E-state index in [4.69, 9.17) is 9.47 Å². The molecule has 1 heterocycles. The Morgan fingerprint density at radius 3 is 2.16 bits per heavy atom. The molecule has 5 fully saturated rings. The molecular formula is C36H56O9. The summed E-state index contributed by atoms with van der Waals surface area (Å²) in [7, 11) is 0. The van der Waals surface area contributed by atoms with E-state index >= 15 is 0 Å². The van der Waals surface area contributed by atoms with Crippen molar-refractivity contribution in [3.63, 3.8) is 0 Å². The van der Waals surface area contributed by atoms with Crippen molar-refractivity contribution in [2.24, 2.45) is 56.7 Å². The average molecular weight is 633 g/mol. The summed E-state index contributed by atoms with van der Waals surface area (Å²) in [6.45, 7) is 15.0. The Bertz CT molecular complexity index is 1250. The molecule has 6 aliphatic rings. The normalized spacial score (nSPS) is 54.0. The zero-order chi connectivity index (χ0) is 33.1. The number of aliphatic hydroxyl groups is 3. The lowest BCUT2D eigenvalue weighted by Gasteiger charge is -2.70. The average Bonchev–Trinajstić information content (AvgIpc) is 2.97. The van der Waals surface area contributed by atoms with Gasteiger partial charge in [-0.1, -0.05) is 53.2 Å². The smallest absolute Gasteiger partial charge is 0.314 e. The lowest BCUT2D eigenvalue weighted by molar-refractivity contribution is -0.324. The highest BCUT2D eigenvalue weighted by molar-refractivity contribution is 5.84. The first-order chi connectivity index (χ1) is 20.9. The molecule has 9 nitrogen and oxygen atoms in total. The van der Waals surface area contributed by atoms with E-state index in [0.29, 0.717) is 31.6 Å². The molecule has 4 saturated carbocycles. The van der Waals surface area contributed by atoms with Gasteiger partial charge in [-0.05, 0) is 111 Å². The SMILES string of the molecule is C[C@H]1[C@@H](C)CC[C@]2(C(=O)O)CC[C@]3(C(=O)O)C(=CC[C@@H]4[C@]5(C)CC[C@H](O[C@H]6O[C@@H](C)[C@H](O)[C@@H](O)[C@@H]6O)C(C)(C)[C@H]5CC[C@@]43C)[C@@H]12. The fourth-order valence-electron chi connectivity index (χ4n) is 12.5. The molecule has 0 spiro atoms. The molecule has 6 rings (SSSR count). The molecule has 0 aromatic rings. The van der Waals surface area contributed by atoms with Crippen molar-refractivity contribution in [3.8, 4) is 0 Å². The Labute approximate surface area is 267 Å². The van der Waals surface area contributed by atoms with E-state index in [1.807, 2.05) is 0 Å². The molecule has 0 aromatic heterocycles. The van der Waals surface area contributed by atoms with E-state index in [1.54, 1.807) is 6.92 Å². The molecule has 1 saturated heterocycles. The number of hydrogen-bond donors (Lipinski definition) is 5. The number of rotatable bonds is 4. The molecular weight excluding hydrogens is 576 g/mol. The van der Waals surface area contributed by atoms with Crippen molar-refractivity contribution in [3.05, 3.63) is 11.6 Å². The third-order valence-electron chi connectivity index (χ3n) is 15.3. The van der Waals surface area contributed by atoms with Gasteiger partial charge in [0.15, 0.2) is 6.29 Å². The molecule has 0 amide bonds. The van der Waals surface area contributed by atoms with Crippen LogP contribution in [0.3, 0.4) is 0 Å². The third kappa shape index (κ3) is 4.28. The maximum atomic E-state index is 13.8.